The number of hydrogen-bond donors (Lipinski definition) is 1. The van der Waals surface area contributed by atoms with Crippen molar-refractivity contribution >= 4 is 17.3 Å². The molecule has 0 bridgehead atoms. The maximum Gasteiger partial charge on any atom is 0.271 e. The van der Waals surface area contributed by atoms with Crippen LogP contribution in [0.5, 0.6) is 5.75 Å². The van der Waals surface area contributed by atoms with Crippen LogP contribution in [0.25, 0.3) is 0 Å². The van der Waals surface area contributed by atoms with E-state index >= 15 is 0 Å². The zero-order valence-electron chi connectivity index (χ0n) is 14.0. The Kier molecular flexibility index (Phi) is 5.36. The number of carbonyl (C=O) groups excluding carboxylic acids is 1. The molecule has 1 amide bonds. The zero-order chi connectivity index (χ0) is 19.2. The van der Waals surface area contributed by atoms with Crippen molar-refractivity contribution in [2.75, 3.05) is 5.32 Å². The highest BCUT2D eigenvalue weighted by atomic mass is 19.1. The van der Waals surface area contributed by atoms with Gasteiger partial charge in [-0.05, 0) is 30.3 Å². The lowest BCUT2D eigenvalue weighted by Gasteiger charge is -2.09. The highest BCUT2D eigenvalue weighted by Gasteiger charge is 2.14. The van der Waals surface area contributed by atoms with E-state index in [9.17, 15) is 19.3 Å². The number of carbonyl (C=O) groups is 1. The molecule has 1 N–H and O–H groups in total. The molecule has 1 aromatic heterocycles. The fourth-order valence-electron chi connectivity index (χ4n) is 2.29. The van der Waals surface area contributed by atoms with Crippen molar-refractivity contribution in [3.05, 3.63) is 94.0 Å². The van der Waals surface area contributed by atoms with Crippen molar-refractivity contribution in [3.8, 4) is 5.75 Å². The smallest absolute Gasteiger partial charge is 0.271 e. The molecule has 0 radical (unpaired) electrons. The molecule has 0 fully saturated rings. The third kappa shape index (κ3) is 4.63. The van der Waals surface area contributed by atoms with E-state index in [4.69, 9.17) is 4.74 Å². The van der Waals surface area contributed by atoms with E-state index in [0.717, 1.165) is 23.8 Å². The number of halogens is 1. The molecule has 136 valence electrons. The van der Waals surface area contributed by atoms with Gasteiger partial charge in [0.15, 0.2) is 0 Å². The topological polar surface area (TPSA) is 94.4 Å². The summed E-state index contributed by atoms with van der Waals surface area (Å²) in [5.74, 6) is -0.926. The summed E-state index contributed by atoms with van der Waals surface area (Å²) < 4.78 is 19.5. The van der Waals surface area contributed by atoms with Crippen LogP contribution < -0.4 is 10.1 Å². The number of aromatic nitrogens is 1. The number of ether oxygens (including phenoxy) is 1. The molecule has 0 saturated carbocycles. The Morgan fingerprint density at radius 3 is 2.78 bits per heavy atom. The van der Waals surface area contributed by atoms with Gasteiger partial charge in [-0.3, -0.25) is 19.9 Å². The lowest BCUT2D eigenvalue weighted by atomic mass is 10.2. The quantitative estimate of drug-likeness (QED) is 0.526. The van der Waals surface area contributed by atoms with Crippen molar-refractivity contribution in [1.82, 2.24) is 4.98 Å². The molecule has 2 aromatic carbocycles. The van der Waals surface area contributed by atoms with E-state index in [1.807, 2.05) is 6.07 Å². The number of rotatable bonds is 6. The first kappa shape index (κ1) is 18.0. The van der Waals surface area contributed by atoms with Gasteiger partial charge >= 0.3 is 0 Å². The lowest BCUT2D eigenvalue weighted by molar-refractivity contribution is -0.384. The Balaban J connectivity index is 1.72. The summed E-state index contributed by atoms with van der Waals surface area (Å²) in [5.41, 5.74) is 0.506. The van der Waals surface area contributed by atoms with Crippen LogP contribution in [-0.4, -0.2) is 15.8 Å². The van der Waals surface area contributed by atoms with Crippen LogP contribution in [0, 0.1) is 15.9 Å². The predicted molar refractivity (Wildman–Crippen MR) is 96.0 cm³/mol. The first-order valence-corrected chi connectivity index (χ1v) is 7.90. The summed E-state index contributed by atoms with van der Waals surface area (Å²) >= 11 is 0. The summed E-state index contributed by atoms with van der Waals surface area (Å²) in [4.78, 5) is 26.5. The van der Waals surface area contributed by atoms with Gasteiger partial charge in [-0.25, -0.2) is 4.39 Å². The van der Waals surface area contributed by atoms with E-state index < -0.39 is 16.6 Å². The first-order valence-electron chi connectivity index (χ1n) is 7.90. The summed E-state index contributed by atoms with van der Waals surface area (Å²) in [5, 5.41) is 13.1. The Labute approximate surface area is 153 Å². The number of nitrogens with one attached hydrogen (secondary N) is 1. The molecule has 0 aliphatic heterocycles. The van der Waals surface area contributed by atoms with Gasteiger partial charge in [-0.1, -0.05) is 12.1 Å². The van der Waals surface area contributed by atoms with Crippen LogP contribution in [-0.2, 0) is 6.61 Å². The zero-order valence-corrected chi connectivity index (χ0v) is 14.0. The third-order valence-electron chi connectivity index (χ3n) is 3.63. The maximum atomic E-state index is 13.8. The molecule has 0 aliphatic carbocycles. The number of nitrogens with zero attached hydrogens (tertiary/aromatic N) is 2. The maximum absolute atomic E-state index is 13.8. The number of pyridine rings is 1. The fraction of sp³-hybridized carbons (Fsp3) is 0.0526. The number of non-ortho nitro benzene ring substituents is 1. The fourth-order valence-corrected chi connectivity index (χ4v) is 2.29. The van der Waals surface area contributed by atoms with Gasteiger partial charge in [0.05, 0.1) is 10.6 Å². The Hall–Kier alpha value is -3.81. The van der Waals surface area contributed by atoms with E-state index in [1.54, 1.807) is 30.6 Å². The second kappa shape index (κ2) is 8.05. The van der Waals surface area contributed by atoms with Gasteiger partial charge < -0.3 is 10.1 Å². The number of hydrogen-bond acceptors (Lipinski definition) is 5. The van der Waals surface area contributed by atoms with Gasteiger partial charge in [0.2, 0.25) is 0 Å². The largest absolute Gasteiger partial charge is 0.489 e. The number of nitro groups is 1. The predicted octanol–water partition coefficient (Wildman–Crippen LogP) is 3.96. The van der Waals surface area contributed by atoms with Gasteiger partial charge in [0.25, 0.3) is 11.6 Å². The van der Waals surface area contributed by atoms with Crippen molar-refractivity contribution < 1.29 is 18.8 Å². The van der Waals surface area contributed by atoms with E-state index in [-0.39, 0.29) is 23.5 Å². The second-order valence-electron chi connectivity index (χ2n) is 5.55. The first-order chi connectivity index (χ1) is 13.0. The standard InChI is InChI=1S/C19H14FN3O4/c20-17-7-6-15(23(25)26)10-18(17)22-19(24)14-4-1-5-16(9-14)27-12-13-3-2-8-21-11-13/h1-11H,12H2,(H,22,24). The molecule has 8 heteroatoms. The third-order valence-corrected chi connectivity index (χ3v) is 3.63. The van der Waals surface area contributed by atoms with Crippen molar-refractivity contribution in [3.63, 3.8) is 0 Å². The number of amides is 1. The molecule has 0 spiro atoms. The molecule has 0 aliphatic rings. The highest BCUT2D eigenvalue weighted by Crippen LogP contribution is 2.22. The normalized spacial score (nSPS) is 10.3. The van der Waals surface area contributed by atoms with Gasteiger partial charge in [-0.2, -0.15) is 0 Å². The van der Waals surface area contributed by atoms with Crippen LogP contribution in [0.4, 0.5) is 15.8 Å². The van der Waals surface area contributed by atoms with Gasteiger partial charge in [0, 0.05) is 35.7 Å². The van der Waals surface area contributed by atoms with E-state index in [0.29, 0.717) is 5.75 Å². The molecule has 0 unspecified atom stereocenters. The molecule has 7 nitrogen and oxygen atoms in total. The second-order valence-corrected chi connectivity index (χ2v) is 5.55. The number of anilines is 1. The molecule has 3 aromatic rings. The number of benzene rings is 2. The molecule has 0 atom stereocenters. The minimum atomic E-state index is -0.766. The summed E-state index contributed by atoms with van der Waals surface area (Å²) in [6.07, 6.45) is 3.32. The number of nitro benzene ring substituents is 1. The summed E-state index contributed by atoms with van der Waals surface area (Å²) in [7, 11) is 0. The van der Waals surface area contributed by atoms with E-state index in [1.165, 1.54) is 12.1 Å². The molecule has 0 saturated heterocycles. The minimum Gasteiger partial charge on any atom is -0.489 e. The Morgan fingerprint density at radius 2 is 2.04 bits per heavy atom. The van der Waals surface area contributed by atoms with Gasteiger partial charge in [0.1, 0.15) is 18.2 Å². The van der Waals surface area contributed by atoms with Crippen molar-refractivity contribution in [2.24, 2.45) is 0 Å². The average Bonchev–Trinajstić information content (AvgIpc) is 2.69. The van der Waals surface area contributed by atoms with Crippen LogP contribution in [0.1, 0.15) is 15.9 Å². The van der Waals surface area contributed by atoms with Crippen molar-refractivity contribution in [1.29, 1.82) is 0 Å². The molecular formula is C19H14FN3O4. The molecule has 3 rings (SSSR count). The molecule has 27 heavy (non-hydrogen) atoms. The monoisotopic (exact) mass is 367 g/mol. The Bertz CT molecular complexity index is 980. The Morgan fingerprint density at radius 1 is 1.19 bits per heavy atom. The van der Waals surface area contributed by atoms with Crippen LogP contribution >= 0.6 is 0 Å². The average molecular weight is 367 g/mol. The van der Waals surface area contributed by atoms with Crippen LogP contribution in [0.3, 0.4) is 0 Å². The van der Waals surface area contributed by atoms with Crippen LogP contribution in [0.15, 0.2) is 67.0 Å². The van der Waals surface area contributed by atoms with Crippen molar-refractivity contribution in [2.45, 2.75) is 6.61 Å². The summed E-state index contributed by atoms with van der Waals surface area (Å²) in [6, 6.07) is 12.9. The summed E-state index contributed by atoms with van der Waals surface area (Å²) in [6.45, 7) is 0.276. The van der Waals surface area contributed by atoms with Gasteiger partial charge in [-0.15, -0.1) is 0 Å². The van der Waals surface area contributed by atoms with E-state index in [2.05, 4.69) is 10.3 Å². The molecular weight excluding hydrogens is 353 g/mol. The van der Waals surface area contributed by atoms with Crippen LogP contribution in [0.2, 0.25) is 0 Å². The highest BCUT2D eigenvalue weighted by molar-refractivity contribution is 6.04. The molecule has 1 heterocycles. The SMILES string of the molecule is O=C(Nc1cc([N+](=O)[O-])ccc1F)c1cccc(OCc2cccnc2)c1. The minimum absolute atomic E-state index is 0.226. The lowest BCUT2D eigenvalue weighted by Crippen LogP contribution is -2.13.